The van der Waals surface area contributed by atoms with Crippen molar-refractivity contribution in [2.45, 2.75) is 0 Å². The molecule has 0 atom stereocenters. The zero-order valence-corrected chi connectivity index (χ0v) is 12.3. The van der Waals surface area contributed by atoms with Crippen LogP contribution in [0.4, 0.5) is 16.2 Å². The second-order valence-electron chi connectivity index (χ2n) is 3.90. The topological polar surface area (TPSA) is 103 Å². The fourth-order valence-electron chi connectivity index (χ4n) is 1.43. The van der Waals surface area contributed by atoms with Crippen molar-refractivity contribution < 1.29 is 28.6 Å². The van der Waals surface area contributed by atoms with E-state index < -0.39 is 18.0 Å². The van der Waals surface area contributed by atoms with Crippen LogP contribution in [0.25, 0.3) is 0 Å². The van der Waals surface area contributed by atoms with Crippen molar-refractivity contribution in [3.8, 4) is 0 Å². The van der Waals surface area contributed by atoms with Crippen molar-refractivity contribution in [2.75, 3.05) is 32.0 Å². The molecule has 1 amide bonds. The van der Waals surface area contributed by atoms with Gasteiger partial charge in [0.15, 0.2) is 0 Å². The molecular formula is C14H16N2O6. The molecule has 0 radical (unpaired) electrons. The summed E-state index contributed by atoms with van der Waals surface area (Å²) in [6, 6.07) is 6.45. The van der Waals surface area contributed by atoms with Gasteiger partial charge in [0.1, 0.15) is 5.70 Å². The summed E-state index contributed by atoms with van der Waals surface area (Å²) in [5.74, 6) is -1.45. The molecule has 2 N–H and O–H groups in total. The second-order valence-corrected chi connectivity index (χ2v) is 3.90. The number of hydrogen-bond acceptors (Lipinski definition) is 7. The van der Waals surface area contributed by atoms with Gasteiger partial charge < -0.3 is 19.5 Å². The van der Waals surface area contributed by atoms with Gasteiger partial charge in [-0.2, -0.15) is 0 Å². The van der Waals surface area contributed by atoms with Crippen LogP contribution >= 0.6 is 0 Å². The molecule has 0 spiro atoms. The number of benzene rings is 1. The van der Waals surface area contributed by atoms with Gasteiger partial charge in [-0.05, 0) is 18.2 Å². The normalized spacial score (nSPS) is 10.4. The quantitative estimate of drug-likeness (QED) is 0.482. The Bertz CT molecular complexity index is 597. The zero-order valence-electron chi connectivity index (χ0n) is 12.3. The molecule has 0 aliphatic rings. The SMILES string of the molecule is COC(=O)/C=C(/Nc1cccc(NC(=O)OC)c1)C(=O)OC. The molecule has 0 bridgehead atoms. The fourth-order valence-corrected chi connectivity index (χ4v) is 1.43. The minimum absolute atomic E-state index is 0.107. The van der Waals surface area contributed by atoms with Gasteiger partial charge in [-0.1, -0.05) is 6.07 Å². The molecule has 0 aliphatic carbocycles. The van der Waals surface area contributed by atoms with Gasteiger partial charge in [-0.25, -0.2) is 14.4 Å². The van der Waals surface area contributed by atoms with E-state index in [1.54, 1.807) is 24.3 Å². The first kappa shape index (κ1) is 17.0. The molecule has 0 heterocycles. The molecule has 1 rings (SSSR count). The number of carbonyl (C=O) groups excluding carboxylic acids is 3. The lowest BCUT2D eigenvalue weighted by atomic mass is 10.2. The number of ether oxygens (including phenoxy) is 3. The van der Waals surface area contributed by atoms with Gasteiger partial charge in [0.25, 0.3) is 0 Å². The lowest BCUT2D eigenvalue weighted by molar-refractivity contribution is -0.138. The maximum absolute atomic E-state index is 11.6. The van der Waals surface area contributed by atoms with Gasteiger partial charge in [0.05, 0.1) is 27.4 Å². The molecule has 8 heteroatoms. The highest BCUT2D eigenvalue weighted by Gasteiger charge is 2.13. The Morgan fingerprint density at radius 3 is 2.14 bits per heavy atom. The van der Waals surface area contributed by atoms with Crippen molar-refractivity contribution in [3.05, 3.63) is 36.0 Å². The molecule has 0 saturated heterocycles. The average molecular weight is 308 g/mol. The predicted octanol–water partition coefficient (Wildman–Crippen LogP) is 1.51. The van der Waals surface area contributed by atoms with Crippen LogP contribution in [0, 0.1) is 0 Å². The molecule has 118 valence electrons. The summed E-state index contributed by atoms with van der Waals surface area (Å²) in [7, 11) is 3.62. The van der Waals surface area contributed by atoms with Crippen molar-refractivity contribution in [1.82, 2.24) is 0 Å². The van der Waals surface area contributed by atoms with Crippen molar-refractivity contribution in [2.24, 2.45) is 0 Å². The van der Waals surface area contributed by atoms with E-state index in [0.717, 1.165) is 6.08 Å². The van der Waals surface area contributed by atoms with E-state index in [0.29, 0.717) is 11.4 Å². The first-order valence-electron chi connectivity index (χ1n) is 6.10. The Morgan fingerprint density at radius 2 is 1.59 bits per heavy atom. The third kappa shape index (κ3) is 5.16. The summed E-state index contributed by atoms with van der Waals surface area (Å²) in [4.78, 5) is 34.0. The van der Waals surface area contributed by atoms with Gasteiger partial charge in [0.2, 0.25) is 0 Å². The third-order valence-electron chi connectivity index (χ3n) is 2.44. The molecule has 0 aliphatic heterocycles. The van der Waals surface area contributed by atoms with Crippen LogP contribution in [0.3, 0.4) is 0 Å². The van der Waals surface area contributed by atoms with Crippen LogP contribution in [0.15, 0.2) is 36.0 Å². The minimum Gasteiger partial charge on any atom is -0.466 e. The highest BCUT2D eigenvalue weighted by atomic mass is 16.5. The number of anilines is 2. The minimum atomic E-state index is -0.739. The Labute approximate surface area is 127 Å². The maximum atomic E-state index is 11.6. The van der Waals surface area contributed by atoms with Gasteiger partial charge in [0, 0.05) is 11.4 Å². The van der Waals surface area contributed by atoms with E-state index in [1.165, 1.54) is 21.3 Å². The lowest BCUT2D eigenvalue weighted by Gasteiger charge is -2.10. The molecule has 1 aromatic rings. The van der Waals surface area contributed by atoms with Crippen molar-refractivity contribution in [1.29, 1.82) is 0 Å². The molecular weight excluding hydrogens is 292 g/mol. The Balaban J connectivity index is 2.96. The highest BCUT2D eigenvalue weighted by Crippen LogP contribution is 2.17. The van der Waals surface area contributed by atoms with E-state index in [2.05, 4.69) is 24.8 Å². The predicted molar refractivity (Wildman–Crippen MR) is 78.2 cm³/mol. The lowest BCUT2D eigenvalue weighted by Crippen LogP contribution is -2.16. The molecule has 0 aromatic heterocycles. The molecule has 1 aromatic carbocycles. The first-order chi connectivity index (χ1) is 10.5. The Hall–Kier alpha value is -3.03. The molecule has 22 heavy (non-hydrogen) atoms. The monoisotopic (exact) mass is 308 g/mol. The second kappa shape index (κ2) is 8.30. The number of methoxy groups -OCH3 is 3. The standard InChI is InChI=1S/C14H16N2O6/c1-20-12(17)8-11(13(18)21-2)15-9-5-4-6-10(7-9)16-14(19)22-3/h4-8,15H,1-3H3,(H,16,19)/b11-8+. The van der Waals surface area contributed by atoms with Crippen LogP contribution in [0.1, 0.15) is 0 Å². The summed E-state index contributed by atoms with van der Waals surface area (Å²) >= 11 is 0. The number of nitrogens with one attached hydrogen (secondary N) is 2. The van der Waals surface area contributed by atoms with Crippen LogP contribution in [0.2, 0.25) is 0 Å². The molecule has 0 fully saturated rings. The fraction of sp³-hybridized carbons (Fsp3) is 0.214. The summed E-state index contributed by atoms with van der Waals surface area (Å²) < 4.78 is 13.5. The van der Waals surface area contributed by atoms with Crippen LogP contribution < -0.4 is 10.6 Å². The van der Waals surface area contributed by atoms with E-state index in [1.807, 2.05) is 0 Å². The van der Waals surface area contributed by atoms with Crippen molar-refractivity contribution >= 4 is 29.4 Å². The van der Waals surface area contributed by atoms with Gasteiger partial charge in [-0.15, -0.1) is 0 Å². The van der Waals surface area contributed by atoms with E-state index >= 15 is 0 Å². The average Bonchev–Trinajstić information content (AvgIpc) is 2.53. The summed E-state index contributed by atoms with van der Waals surface area (Å²) in [6.07, 6.45) is 0.335. The number of carbonyl (C=O) groups is 3. The molecule has 0 unspecified atom stereocenters. The Morgan fingerprint density at radius 1 is 0.955 bits per heavy atom. The van der Waals surface area contributed by atoms with Crippen LogP contribution in [0.5, 0.6) is 0 Å². The van der Waals surface area contributed by atoms with Gasteiger partial charge >= 0.3 is 18.0 Å². The summed E-state index contributed by atoms with van der Waals surface area (Å²) in [5.41, 5.74) is 0.790. The Kier molecular flexibility index (Phi) is 6.42. The maximum Gasteiger partial charge on any atom is 0.411 e. The van der Waals surface area contributed by atoms with Crippen LogP contribution in [-0.4, -0.2) is 39.4 Å². The third-order valence-corrected chi connectivity index (χ3v) is 2.44. The molecule has 8 nitrogen and oxygen atoms in total. The number of esters is 2. The summed E-state index contributed by atoms with van der Waals surface area (Å²) in [5, 5.41) is 5.19. The molecule has 0 saturated carbocycles. The summed E-state index contributed by atoms with van der Waals surface area (Å²) in [6.45, 7) is 0. The smallest absolute Gasteiger partial charge is 0.411 e. The van der Waals surface area contributed by atoms with Crippen molar-refractivity contribution in [3.63, 3.8) is 0 Å². The zero-order chi connectivity index (χ0) is 16.5. The van der Waals surface area contributed by atoms with Crippen LogP contribution in [-0.2, 0) is 23.8 Å². The highest BCUT2D eigenvalue weighted by molar-refractivity contribution is 5.98. The number of rotatable bonds is 5. The van der Waals surface area contributed by atoms with E-state index in [-0.39, 0.29) is 5.70 Å². The first-order valence-corrected chi connectivity index (χ1v) is 6.10. The van der Waals surface area contributed by atoms with E-state index in [9.17, 15) is 14.4 Å². The largest absolute Gasteiger partial charge is 0.466 e. The number of amides is 1. The van der Waals surface area contributed by atoms with Gasteiger partial charge in [-0.3, -0.25) is 5.32 Å². The number of hydrogen-bond donors (Lipinski definition) is 2. The van der Waals surface area contributed by atoms with E-state index in [4.69, 9.17) is 0 Å².